The molecule has 1 N–H and O–H groups in total. The predicted octanol–water partition coefficient (Wildman–Crippen LogP) is 3.65. The van der Waals surface area contributed by atoms with E-state index in [-0.39, 0.29) is 28.1 Å². The maximum atomic E-state index is 13.2. The summed E-state index contributed by atoms with van der Waals surface area (Å²) in [6.07, 6.45) is 1.61. The van der Waals surface area contributed by atoms with Gasteiger partial charge in [-0.25, -0.2) is 9.37 Å². The van der Waals surface area contributed by atoms with Gasteiger partial charge >= 0.3 is 0 Å². The summed E-state index contributed by atoms with van der Waals surface area (Å²) in [6.45, 7) is 1.77. The van der Waals surface area contributed by atoms with E-state index in [1.165, 1.54) is 12.1 Å². The van der Waals surface area contributed by atoms with Crippen molar-refractivity contribution in [1.29, 1.82) is 0 Å². The Hall–Kier alpha value is -2.31. The summed E-state index contributed by atoms with van der Waals surface area (Å²) < 4.78 is 13.2. The maximum Gasteiger partial charge on any atom is 0.256 e. The van der Waals surface area contributed by atoms with Crippen molar-refractivity contribution in [2.45, 2.75) is 12.8 Å². The van der Waals surface area contributed by atoms with E-state index in [1.54, 1.807) is 18.2 Å². The molecule has 2 heterocycles. The predicted molar refractivity (Wildman–Crippen MR) is 98.2 cm³/mol. The molecule has 3 rings (SSSR count). The van der Waals surface area contributed by atoms with Crippen LogP contribution in [0.2, 0.25) is 5.02 Å². The first-order valence-electron chi connectivity index (χ1n) is 8.40. The molecule has 136 valence electrons. The number of hydrogen-bond donors (Lipinski definition) is 1. The highest BCUT2D eigenvalue weighted by Crippen LogP contribution is 2.21. The highest BCUT2D eigenvalue weighted by atomic mass is 35.5. The van der Waals surface area contributed by atoms with Crippen LogP contribution in [0.4, 0.5) is 10.2 Å². The fourth-order valence-electron chi connectivity index (χ4n) is 2.95. The third kappa shape index (κ3) is 4.26. The summed E-state index contributed by atoms with van der Waals surface area (Å²) in [7, 11) is 2.04. The number of likely N-dealkylation sites (tertiary alicyclic amines) is 1. The van der Waals surface area contributed by atoms with Crippen LogP contribution in [0.25, 0.3) is 0 Å². The van der Waals surface area contributed by atoms with Crippen LogP contribution in [0.5, 0.6) is 0 Å². The number of rotatable bonds is 4. The number of ketones is 1. The molecule has 1 aliphatic heterocycles. The molecule has 0 aliphatic carbocycles. The number of carbonyl (C=O) groups is 2. The maximum absolute atomic E-state index is 13.2. The van der Waals surface area contributed by atoms with Crippen molar-refractivity contribution in [2.24, 2.45) is 5.92 Å². The van der Waals surface area contributed by atoms with Crippen molar-refractivity contribution in [3.63, 3.8) is 0 Å². The SMILES string of the molecule is CN1CCC(C(=O)c2cccc(NC(=O)c3ccc(F)c(Cl)c3)n2)CC1. The largest absolute Gasteiger partial charge is 0.307 e. The van der Waals surface area contributed by atoms with Gasteiger partial charge in [0.05, 0.1) is 5.02 Å². The molecule has 0 atom stereocenters. The van der Waals surface area contributed by atoms with Gasteiger partial charge in [0.2, 0.25) is 0 Å². The molecule has 0 saturated carbocycles. The van der Waals surface area contributed by atoms with Gasteiger partial charge in [0, 0.05) is 11.5 Å². The number of halogens is 2. The monoisotopic (exact) mass is 375 g/mol. The lowest BCUT2D eigenvalue weighted by molar-refractivity contribution is 0.0851. The second kappa shape index (κ2) is 7.93. The number of anilines is 1. The van der Waals surface area contributed by atoms with Gasteiger partial charge in [-0.15, -0.1) is 0 Å². The molecule has 1 fully saturated rings. The molecular weight excluding hydrogens is 357 g/mol. The molecule has 5 nitrogen and oxygen atoms in total. The third-order valence-electron chi connectivity index (χ3n) is 4.51. The van der Waals surface area contributed by atoms with Crippen molar-refractivity contribution in [3.8, 4) is 0 Å². The number of benzene rings is 1. The molecule has 0 spiro atoms. The van der Waals surface area contributed by atoms with Crippen LogP contribution in [0.1, 0.15) is 33.7 Å². The highest BCUT2D eigenvalue weighted by Gasteiger charge is 2.25. The van der Waals surface area contributed by atoms with Crippen molar-refractivity contribution in [2.75, 3.05) is 25.5 Å². The number of pyridine rings is 1. The number of hydrogen-bond acceptors (Lipinski definition) is 4. The zero-order valence-electron chi connectivity index (χ0n) is 14.3. The number of Topliss-reactive ketones (excluding diaryl/α,β-unsaturated/α-hetero) is 1. The lowest BCUT2D eigenvalue weighted by Crippen LogP contribution is -2.33. The standard InChI is InChI=1S/C19H19ClFN3O2/c1-24-9-7-12(8-10-24)18(25)16-3-2-4-17(22-16)23-19(26)13-5-6-15(21)14(20)11-13/h2-6,11-12H,7-10H2,1H3,(H,22,23,26). The van der Waals surface area contributed by atoms with Crippen LogP contribution in [0.3, 0.4) is 0 Å². The average Bonchev–Trinajstić information content (AvgIpc) is 2.64. The molecular formula is C19H19ClFN3O2. The molecule has 1 aliphatic rings. The topological polar surface area (TPSA) is 62.3 Å². The van der Waals surface area contributed by atoms with Gasteiger partial charge in [0.25, 0.3) is 5.91 Å². The van der Waals surface area contributed by atoms with Gasteiger partial charge in [-0.1, -0.05) is 17.7 Å². The summed E-state index contributed by atoms with van der Waals surface area (Å²) in [5, 5.41) is 2.49. The van der Waals surface area contributed by atoms with Crippen molar-refractivity contribution in [3.05, 3.63) is 58.5 Å². The normalized spacial score (nSPS) is 15.7. The van der Waals surface area contributed by atoms with Crippen LogP contribution in [0, 0.1) is 11.7 Å². The summed E-state index contributed by atoms with van der Waals surface area (Å²) in [5.74, 6) is -0.829. The molecule has 1 amide bonds. The second-order valence-electron chi connectivity index (χ2n) is 6.43. The Balaban J connectivity index is 1.71. The first-order chi connectivity index (χ1) is 12.4. The Morgan fingerprint density at radius 2 is 1.96 bits per heavy atom. The Morgan fingerprint density at radius 1 is 1.23 bits per heavy atom. The lowest BCUT2D eigenvalue weighted by atomic mass is 9.91. The van der Waals surface area contributed by atoms with Gasteiger partial charge in [-0.05, 0) is 63.3 Å². The molecule has 1 aromatic heterocycles. The number of carbonyl (C=O) groups excluding carboxylic acids is 2. The molecule has 2 aromatic rings. The fraction of sp³-hybridized carbons (Fsp3) is 0.316. The van der Waals surface area contributed by atoms with Gasteiger partial charge in [-0.3, -0.25) is 9.59 Å². The number of nitrogens with one attached hydrogen (secondary N) is 1. The quantitative estimate of drug-likeness (QED) is 0.828. The van der Waals surface area contributed by atoms with Crippen LogP contribution < -0.4 is 5.32 Å². The summed E-state index contributed by atoms with van der Waals surface area (Å²) in [4.78, 5) is 31.4. The van der Waals surface area contributed by atoms with Crippen molar-refractivity contribution in [1.82, 2.24) is 9.88 Å². The van der Waals surface area contributed by atoms with Gasteiger partial charge in [0.15, 0.2) is 5.78 Å². The van der Waals surface area contributed by atoms with E-state index in [9.17, 15) is 14.0 Å². The van der Waals surface area contributed by atoms with E-state index in [1.807, 2.05) is 7.05 Å². The number of amides is 1. The Kier molecular flexibility index (Phi) is 5.64. The van der Waals surface area contributed by atoms with E-state index in [0.29, 0.717) is 5.69 Å². The number of aromatic nitrogens is 1. The minimum Gasteiger partial charge on any atom is -0.307 e. The first kappa shape index (κ1) is 18.5. The second-order valence-corrected chi connectivity index (χ2v) is 6.84. The molecule has 0 bridgehead atoms. The molecule has 7 heteroatoms. The smallest absolute Gasteiger partial charge is 0.256 e. The van der Waals surface area contributed by atoms with Crippen LogP contribution in [-0.4, -0.2) is 41.7 Å². The van der Waals surface area contributed by atoms with Crippen LogP contribution >= 0.6 is 11.6 Å². The summed E-state index contributed by atoms with van der Waals surface area (Å²) in [5.41, 5.74) is 0.555. The molecule has 1 saturated heterocycles. The van der Waals surface area contributed by atoms with Gasteiger partial charge in [0.1, 0.15) is 17.3 Å². The highest BCUT2D eigenvalue weighted by molar-refractivity contribution is 6.31. The van der Waals surface area contributed by atoms with Crippen LogP contribution in [-0.2, 0) is 0 Å². The summed E-state index contributed by atoms with van der Waals surface area (Å²) >= 11 is 5.71. The molecule has 0 unspecified atom stereocenters. The minimum absolute atomic E-state index is 0.000902. The first-order valence-corrected chi connectivity index (χ1v) is 8.78. The van der Waals surface area contributed by atoms with E-state index < -0.39 is 11.7 Å². The lowest BCUT2D eigenvalue weighted by Gasteiger charge is -2.27. The number of nitrogens with zero attached hydrogens (tertiary/aromatic N) is 2. The average molecular weight is 376 g/mol. The Morgan fingerprint density at radius 3 is 2.65 bits per heavy atom. The third-order valence-corrected chi connectivity index (χ3v) is 4.80. The van der Waals surface area contributed by atoms with Gasteiger partial charge < -0.3 is 10.2 Å². The summed E-state index contributed by atoms with van der Waals surface area (Å²) in [6, 6.07) is 8.66. The van der Waals surface area contributed by atoms with Crippen molar-refractivity contribution >= 4 is 29.1 Å². The van der Waals surface area contributed by atoms with Crippen molar-refractivity contribution < 1.29 is 14.0 Å². The van der Waals surface area contributed by atoms with Crippen LogP contribution in [0.15, 0.2) is 36.4 Å². The fourth-order valence-corrected chi connectivity index (χ4v) is 3.13. The minimum atomic E-state index is -0.591. The number of piperidine rings is 1. The molecule has 0 radical (unpaired) electrons. The molecule has 1 aromatic carbocycles. The van der Waals surface area contributed by atoms with E-state index >= 15 is 0 Å². The van der Waals surface area contributed by atoms with E-state index in [2.05, 4.69) is 15.2 Å². The van der Waals surface area contributed by atoms with E-state index in [0.717, 1.165) is 32.0 Å². The van der Waals surface area contributed by atoms with E-state index in [4.69, 9.17) is 11.6 Å². The Bertz CT molecular complexity index is 835. The zero-order chi connectivity index (χ0) is 18.7. The van der Waals surface area contributed by atoms with Gasteiger partial charge in [-0.2, -0.15) is 0 Å². The zero-order valence-corrected chi connectivity index (χ0v) is 15.1. The Labute approximate surface area is 156 Å². The molecule has 26 heavy (non-hydrogen) atoms.